The second kappa shape index (κ2) is 9.62. The molecule has 180 valence electrons. The van der Waals surface area contributed by atoms with E-state index in [0.717, 1.165) is 43.2 Å². The SMILES string of the molecule is C=C(O)[C@@H](Cc1cn(C)c2ccc(O)cc12)N(C)S(=O)(=O)c1ccc(C#Cc2ccc(C)cc2)s1. The highest BCUT2D eigenvalue weighted by Gasteiger charge is 2.32. The van der Waals surface area contributed by atoms with Gasteiger partial charge in [-0.05, 0) is 61.4 Å². The van der Waals surface area contributed by atoms with Crippen molar-refractivity contribution in [3.8, 4) is 17.6 Å². The van der Waals surface area contributed by atoms with Crippen LogP contribution >= 0.6 is 11.3 Å². The van der Waals surface area contributed by atoms with E-state index < -0.39 is 16.1 Å². The Morgan fingerprint density at radius 2 is 1.86 bits per heavy atom. The lowest BCUT2D eigenvalue weighted by molar-refractivity contribution is 0.287. The number of aryl methyl sites for hydroxylation is 2. The molecule has 0 radical (unpaired) electrons. The molecule has 0 aliphatic carbocycles. The van der Waals surface area contributed by atoms with Crippen LogP contribution in [-0.4, -0.2) is 40.6 Å². The van der Waals surface area contributed by atoms with Crippen LogP contribution in [0.4, 0.5) is 0 Å². The normalized spacial score (nSPS) is 12.5. The standard InChI is InChI=1S/C27H26N2O4S2/c1-18-5-7-20(8-6-18)9-11-23-12-14-27(34-23)35(32,33)29(4)26(19(2)30)15-21-17-28(3)25-13-10-22(31)16-24(21)25/h5-8,10,12-14,16-17,26,30-31H,2,15H2,1,3-4H3/t26-/m1/s1. The Bertz CT molecular complexity index is 1570. The number of aromatic hydroxyl groups is 1. The molecule has 0 saturated carbocycles. The lowest BCUT2D eigenvalue weighted by Crippen LogP contribution is -2.39. The summed E-state index contributed by atoms with van der Waals surface area (Å²) in [6, 6.07) is 15.1. The van der Waals surface area contributed by atoms with Crippen molar-refractivity contribution < 1.29 is 18.6 Å². The van der Waals surface area contributed by atoms with Crippen LogP contribution in [0.3, 0.4) is 0 Å². The average Bonchev–Trinajstić information content (AvgIpc) is 3.41. The fraction of sp³-hybridized carbons (Fsp3) is 0.185. The molecule has 8 heteroatoms. The molecule has 0 aliphatic heterocycles. The molecule has 0 bridgehead atoms. The second-order valence-corrected chi connectivity index (χ2v) is 11.7. The van der Waals surface area contributed by atoms with E-state index in [1.54, 1.807) is 24.3 Å². The highest BCUT2D eigenvalue weighted by Crippen LogP contribution is 2.30. The topological polar surface area (TPSA) is 82.8 Å². The van der Waals surface area contributed by atoms with Gasteiger partial charge in [-0.3, -0.25) is 0 Å². The monoisotopic (exact) mass is 506 g/mol. The van der Waals surface area contributed by atoms with Crippen molar-refractivity contribution in [2.45, 2.75) is 23.6 Å². The van der Waals surface area contributed by atoms with E-state index in [-0.39, 0.29) is 22.1 Å². The third kappa shape index (κ3) is 5.13. The van der Waals surface area contributed by atoms with E-state index >= 15 is 0 Å². The van der Waals surface area contributed by atoms with Gasteiger partial charge >= 0.3 is 0 Å². The number of sulfonamides is 1. The molecule has 2 N–H and O–H groups in total. The summed E-state index contributed by atoms with van der Waals surface area (Å²) in [4.78, 5) is 0.626. The molecule has 4 rings (SSSR count). The van der Waals surface area contributed by atoms with Crippen LogP contribution in [0, 0.1) is 18.8 Å². The summed E-state index contributed by atoms with van der Waals surface area (Å²) >= 11 is 1.08. The van der Waals surface area contributed by atoms with E-state index in [1.165, 1.54) is 13.1 Å². The lowest BCUT2D eigenvalue weighted by atomic mass is 10.0. The molecule has 0 fully saturated rings. The highest BCUT2D eigenvalue weighted by molar-refractivity contribution is 7.91. The van der Waals surface area contributed by atoms with Crippen LogP contribution in [0.1, 0.15) is 21.6 Å². The van der Waals surface area contributed by atoms with Gasteiger partial charge in [0.15, 0.2) is 0 Å². The first-order valence-corrected chi connectivity index (χ1v) is 13.1. The van der Waals surface area contributed by atoms with Gasteiger partial charge in [-0.2, -0.15) is 4.31 Å². The molecule has 2 aromatic carbocycles. The number of hydrogen-bond donors (Lipinski definition) is 2. The largest absolute Gasteiger partial charge is 0.511 e. The van der Waals surface area contributed by atoms with Crippen LogP contribution in [-0.2, 0) is 23.5 Å². The zero-order chi connectivity index (χ0) is 25.3. The molecule has 0 unspecified atom stereocenters. The van der Waals surface area contributed by atoms with Crippen molar-refractivity contribution in [1.82, 2.24) is 8.87 Å². The number of aliphatic hydroxyl groups is 1. The number of thiophene rings is 1. The number of phenolic OH excluding ortho intramolecular Hbond substituents is 1. The Kier molecular flexibility index (Phi) is 6.77. The lowest BCUT2D eigenvalue weighted by Gasteiger charge is -2.26. The number of phenols is 1. The van der Waals surface area contributed by atoms with Crippen molar-refractivity contribution >= 4 is 32.3 Å². The van der Waals surface area contributed by atoms with Crippen LogP contribution in [0.5, 0.6) is 5.75 Å². The van der Waals surface area contributed by atoms with E-state index in [4.69, 9.17) is 0 Å². The van der Waals surface area contributed by atoms with Crippen LogP contribution < -0.4 is 0 Å². The van der Waals surface area contributed by atoms with Crippen molar-refractivity contribution in [2.24, 2.45) is 7.05 Å². The molecular weight excluding hydrogens is 480 g/mol. The van der Waals surface area contributed by atoms with E-state index in [9.17, 15) is 18.6 Å². The molecule has 0 spiro atoms. The van der Waals surface area contributed by atoms with Crippen molar-refractivity contribution in [3.63, 3.8) is 0 Å². The number of benzene rings is 2. The smallest absolute Gasteiger partial charge is 0.253 e. The van der Waals surface area contributed by atoms with Crippen molar-refractivity contribution in [1.29, 1.82) is 0 Å². The number of aliphatic hydroxyl groups excluding tert-OH is 1. The van der Waals surface area contributed by atoms with Gasteiger partial charge in [0.25, 0.3) is 10.0 Å². The van der Waals surface area contributed by atoms with Crippen molar-refractivity contribution in [3.05, 3.63) is 94.7 Å². The molecule has 0 aliphatic rings. The van der Waals surface area contributed by atoms with Gasteiger partial charge in [-0.15, -0.1) is 11.3 Å². The number of aromatic nitrogens is 1. The first kappa shape index (κ1) is 24.6. The first-order chi connectivity index (χ1) is 16.6. The summed E-state index contributed by atoms with van der Waals surface area (Å²) < 4.78 is 30.0. The van der Waals surface area contributed by atoms with E-state index in [0.29, 0.717) is 4.88 Å². The minimum atomic E-state index is -3.92. The van der Waals surface area contributed by atoms with Gasteiger partial charge in [-0.1, -0.05) is 36.1 Å². The summed E-state index contributed by atoms with van der Waals surface area (Å²) in [5, 5.41) is 21.1. The highest BCUT2D eigenvalue weighted by atomic mass is 32.2. The van der Waals surface area contributed by atoms with Crippen LogP contribution in [0.2, 0.25) is 0 Å². The zero-order valence-corrected chi connectivity index (χ0v) is 21.3. The second-order valence-electron chi connectivity index (χ2n) is 8.43. The predicted octanol–water partition coefficient (Wildman–Crippen LogP) is 4.96. The van der Waals surface area contributed by atoms with Gasteiger partial charge in [0.1, 0.15) is 15.7 Å². The fourth-order valence-corrected chi connectivity index (χ4v) is 6.58. The van der Waals surface area contributed by atoms with E-state index in [2.05, 4.69) is 18.4 Å². The molecule has 1 atom stereocenters. The average molecular weight is 507 g/mol. The fourth-order valence-electron chi connectivity index (χ4n) is 3.89. The van der Waals surface area contributed by atoms with Gasteiger partial charge in [-0.25, -0.2) is 8.42 Å². The maximum Gasteiger partial charge on any atom is 0.253 e. The van der Waals surface area contributed by atoms with Crippen molar-refractivity contribution in [2.75, 3.05) is 7.05 Å². The Hall–Kier alpha value is -3.51. The Balaban J connectivity index is 1.60. The summed E-state index contributed by atoms with van der Waals surface area (Å²) in [5.41, 5.74) is 3.67. The minimum absolute atomic E-state index is 0.114. The molecular formula is C27H26N2O4S2. The third-order valence-electron chi connectivity index (χ3n) is 5.89. The van der Waals surface area contributed by atoms with Crippen LogP contribution in [0.15, 0.2) is 77.3 Å². The molecule has 2 heterocycles. The van der Waals surface area contributed by atoms with Crippen LogP contribution in [0.25, 0.3) is 10.9 Å². The van der Waals surface area contributed by atoms with Gasteiger partial charge in [0.2, 0.25) is 0 Å². The molecule has 35 heavy (non-hydrogen) atoms. The summed E-state index contributed by atoms with van der Waals surface area (Å²) in [6.07, 6.45) is 2.06. The van der Waals surface area contributed by atoms with Gasteiger partial charge in [0.05, 0.1) is 10.9 Å². The molecule has 4 aromatic rings. The maximum absolute atomic E-state index is 13.4. The maximum atomic E-state index is 13.4. The molecule has 6 nitrogen and oxygen atoms in total. The quantitative estimate of drug-likeness (QED) is 0.286. The summed E-state index contributed by atoms with van der Waals surface area (Å²) in [6.45, 7) is 5.64. The molecule has 0 saturated heterocycles. The molecule has 2 aromatic heterocycles. The first-order valence-electron chi connectivity index (χ1n) is 10.9. The summed E-state index contributed by atoms with van der Waals surface area (Å²) in [5.74, 6) is 5.93. The Morgan fingerprint density at radius 1 is 1.14 bits per heavy atom. The van der Waals surface area contributed by atoms with Gasteiger partial charge in [0, 0.05) is 36.8 Å². The van der Waals surface area contributed by atoms with E-state index in [1.807, 2.05) is 49.0 Å². The Morgan fingerprint density at radius 3 is 2.54 bits per heavy atom. The number of nitrogens with zero attached hydrogens (tertiary/aromatic N) is 2. The molecule has 0 amide bonds. The number of hydrogen-bond acceptors (Lipinski definition) is 5. The minimum Gasteiger partial charge on any atom is -0.511 e. The zero-order valence-electron chi connectivity index (χ0n) is 19.7. The number of rotatable bonds is 6. The predicted molar refractivity (Wildman–Crippen MR) is 140 cm³/mol. The Labute approximate surface area is 209 Å². The van der Waals surface area contributed by atoms with Gasteiger partial charge < -0.3 is 14.8 Å². The summed E-state index contributed by atoms with van der Waals surface area (Å²) in [7, 11) is -0.615. The number of likely N-dealkylation sites (N-methyl/N-ethyl adjacent to an activating group) is 1. The number of fused-ring (bicyclic) bond motifs is 1. The third-order valence-corrected chi connectivity index (χ3v) is 9.22.